The third-order valence-corrected chi connectivity index (χ3v) is 1.14. The van der Waals surface area contributed by atoms with E-state index >= 15 is 0 Å². The van der Waals surface area contributed by atoms with Gasteiger partial charge in [-0.1, -0.05) is 13.0 Å². The molecule has 10 heavy (non-hydrogen) atoms. The molecule has 0 radical (unpaired) electrons. The predicted octanol–water partition coefficient (Wildman–Crippen LogP) is 1.13. The summed E-state index contributed by atoms with van der Waals surface area (Å²) in [6.07, 6.45) is 3.37. The van der Waals surface area contributed by atoms with Crippen LogP contribution in [-0.4, -0.2) is 18.9 Å². The molecule has 0 saturated carbocycles. The number of hydrogen-bond donors (Lipinski definition) is 1. The van der Waals surface area contributed by atoms with Crippen LogP contribution in [0.4, 0.5) is 0 Å². The SMILES string of the molecule is C=CCNCC(=O)CCC. The summed E-state index contributed by atoms with van der Waals surface area (Å²) in [5.41, 5.74) is 0. The monoisotopic (exact) mass is 141 g/mol. The molecular weight excluding hydrogens is 126 g/mol. The van der Waals surface area contributed by atoms with Gasteiger partial charge in [-0.2, -0.15) is 0 Å². The minimum atomic E-state index is 0.282. The van der Waals surface area contributed by atoms with Gasteiger partial charge in [-0.05, 0) is 6.42 Å². The van der Waals surface area contributed by atoms with Crippen molar-refractivity contribution >= 4 is 5.78 Å². The second-order valence-corrected chi connectivity index (χ2v) is 2.21. The zero-order valence-electron chi connectivity index (χ0n) is 6.52. The number of carbonyl (C=O) groups is 1. The van der Waals surface area contributed by atoms with Gasteiger partial charge in [0.25, 0.3) is 0 Å². The Hall–Kier alpha value is -0.630. The lowest BCUT2D eigenvalue weighted by atomic mass is 10.2. The maximum atomic E-state index is 10.8. The van der Waals surface area contributed by atoms with Crippen molar-refractivity contribution in [2.75, 3.05) is 13.1 Å². The van der Waals surface area contributed by atoms with Crippen LogP contribution in [0.3, 0.4) is 0 Å². The Balaban J connectivity index is 3.13. The molecule has 0 saturated heterocycles. The van der Waals surface area contributed by atoms with Crippen LogP contribution in [0, 0.1) is 0 Å². The van der Waals surface area contributed by atoms with E-state index in [4.69, 9.17) is 0 Å². The number of carbonyl (C=O) groups excluding carboxylic acids is 1. The Labute approximate surface area is 62.3 Å². The van der Waals surface area contributed by atoms with Crippen LogP contribution in [-0.2, 0) is 4.79 Å². The molecule has 0 fully saturated rings. The van der Waals surface area contributed by atoms with Crippen LogP contribution in [0.25, 0.3) is 0 Å². The Morgan fingerprint density at radius 2 is 2.40 bits per heavy atom. The van der Waals surface area contributed by atoms with Gasteiger partial charge in [0.15, 0.2) is 0 Å². The molecule has 0 rings (SSSR count). The molecule has 0 aliphatic carbocycles. The molecule has 0 aliphatic heterocycles. The van der Waals surface area contributed by atoms with E-state index in [1.165, 1.54) is 0 Å². The zero-order chi connectivity index (χ0) is 7.82. The predicted molar refractivity (Wildman–Crippen MR) is 43.0 cm³/mol. The summed E-state index contributed by atoms with van der Waals surface area (Å²) >= 11 is 0. The second kappa shape index (κ2) is 6.49. The molecule has 0 heterocycles. The normalized spacial score (nSPS) is 9.30. The third-order valence-electron chi connectivity index (χ3n) is 1.14. The number of ketones is 1. The van der Waals surface area contributed by atoms with Crippen molar-refractivity contribution in [2.24, 2.45) is 0 Å². The van der Waals surface area contributed by atoms with Crippen LogP contribution in [0.15, 0.2) is 12.7 Å². The quantitative estimate of drug-likeness (QED) is 0.444. The van der Waals surface area contributed by atoms with Crippen molar-refractivity contribution in [3.05, 3.63) is 12.7 Å². The maximum absolute atomic E-state index is 10.8. The fraction of sp³-hybridized carbons (Fsp3) is 0.625. The van der Waals surface area contributed by atoms with Gasteiger partial charge in [0.1, 0.15) is 5.78 Å². The van der Waals surface area contributed by atoms with Crippen molar-refractivity contribution < 1.29 is 4.79 Å². The van der Waals surface area contributed by atoms with Crippen LogP contribution >= 0.6 is 0 Å². The van der Waals surface area contributed by atoms with Crippen molar-refractivity contribution in [3.8, 4) is 0 Å². The molecule has 2 heteroatoms. The summed E-state index contributed by atoms with van der Waals surface area (Å²) in [5.74, 6) is 0.282. The summed E-state index contributed by atoms with van der Waals surface area (Å²) in [4.78, 5) is 10.8. The van der Waals surface area contributed by atoms with Gasteiger partial charge < -0.3 is 5.32 Å². The first-order valence-electron chi connectivity index (χ1n) is 3.64. The summed E-state index contributed by atoms with van der Waals surface area (Å²) in [7, 11) is 0. The van der Waals surface area contributed by atoms with Gasteiger partial charge in [0, 0.05) is 13.0 Å². The number of hydrogen-bond acceptors (Lipinski definition) is 2. The van der Waals surface area contributed by atoms with Crippen LogP contribution in [0.1, 0.15) is 19.8 Å². The average Bonchev–Trinajstić information content (AvgIpc) is 1.89. The van der Waals surface area contributed by atoms with Gasteiger partial charge in [0.2, 0.25) is 0 Å². The molecular formula is C8H15NO. The summed E-state index contributed by atoms with van der Waals surface area (Å²) in [6.45, 7) is 6.74. The largest absolute Gasteiger partial charge is 0.307 e. The first-order valence-corrected chi connectivity index (χ1v) is 3.64. The molecule has 0 aromatic heterocycles. The highest BCUT2D eigenvalue weighted by molar-refractivity contribution is 5.80. The van der Waals surface area contributed by atoms with E-state index in [0.717, 1.165) is 13.0 Å². The highest BCUT2D eigenvalue weighted by Gasteiger charge is 1.96. The fourth-order valence-corrected chi connectivity index (χ4v) is 0.681. The van der Waals surface area contributed by atoms with E-state index in [0.29, 0.717) is 13.0 Å². The lowest BCUT2D eigenvalue weighted by Crippen LogP contribution is -2.22. The minimum absolute atomic E-state index is 0.282. The molecule has 1 N–H and O–H groups in total. The van der Waals surface area contributed by atoms with Gasteiger partial charge in [-0.25, -0.2) is 0 Å². The van der Waals surface area contributed by atoms with Gasteiger partial charge in [-0.3, -0.25) is 4.79 Å². The van der Waals surface area contributed by atoms with Crippen LogP contribution in [0.2, 0.25) is 0 Å². The molecule has 58 valence electrons. The topological polar surface area (TPSA) is 29.1 Å². The highest BCUT2D eigenvalue weighted by atomic mass is 16.1. The smallest absolute Gasteiger partial charge is 0.146 e. The van der Waals surface area contributed by atoms with E-state index in [9.17, 15) is 4.79 Å². The lowest BCUT2D eigenvalue weighted by molar-refractivity contribution is -0.118. The second-order valence-electron chi connectivity index (χ2n) is 2.21. The van der Waals surface area contributed by atoms with Gasteiger partial charge in [-0.15, -0.1) is 6.58 Å². The van der Waals surface area contributed by atoms with E-state index in [-0.39, 0.29) is 5.78 Å². The molecule has 2 nitrogen and oxygen atoms in total. The maximum Gasteiger partial charge on any atom is 0.146 e. The van der Waals surface area contributed by atoms with Crippen LogP contribution < -0.4 is 5.32 Å². The number of nitrogens with one attached hydrogen (secondary N) is 1. The average molecular weight is 141 g/mol. The molecule has 0 spiro atoms. The Kier molecular flexibility index (Phi) is 6.08. The van der Waals surface area contributed by atoms with E-state index in [1.54, 1.807) is 6.08 Å². The van der Waals surface area contributed by atoms with Crippen molar-refractivity contribution in [1.82, 2.24) is 5.32 Å². The Morgan fingerprint density at radius 1 is 1.70 bits per heavy atom. The first-order chi connectivity index (χ1) is 4.81. The molecule has 0 atom stereocenters. The molecule has 0 aliphatic rings. The third kappa shape index (κ3) is 5.51. The molecule has 0 amide bonds. The summed E-state index contributed by atoms with van der Waals surface area (Å²) < 4.78 is 0. The summed E-state index contributed by atoms with van der Waals surface area (Å²) in [5, 5.41) is 2.95. The zero-order valence-corrected chi connectivity index (χ0v) is 6.52. The van der Waals surface area contributed by atoms with Crippen molar-refractivity contribution in [3.63, 3.8) is 0 Å². The highest BCUT2D eigenvalue weighted by Crippen LogP contribution is 1.86. The van der Waals surface area contributed by atoms with Gasteiger partial charge in [0.05, 0.1) is 6.54 Å². The van der Waals surface area contributed by atoms with E-state index in [1.807, 2.05) is 6.92 Å². The van der Waals surface area contributed by atoms with Gasteiger partial charge >= 0.3 is 0 Å². The molecule has 0 aromatic rings. The number of Topliss-reactive ketones (excluding diaryl/α,β-unsaturated/α-hetero) is 1. The number of rotatable bonds is 6. The van der Waals surface area contributed by atoms with Crippen LogP contribution in [0.5, 0.6) is 0 Å². The van der Waals surface area contributed by atoms with E-state index in [2.05, 4.69) is 11.9 Å². The summed E-state index contributed by atoms with van der Waals surface area (Å²) in [6, 6.07) is 0. The minimum Gasteiger partial charge on any atom is -0.307 e. The van der Waals surface area contributed by atoms with Crippen molar-refractivity contribution in [1.29, 1.82) is 0 Å². The Bertz CT molecular complexity index is 110. The standard InChI is InChI=1S/C8H15NO/c1-3-5-8(10)7-9-6-4-2/h4,9H,2-3,5-7H2,1H3. The molecule has 0 bridgehead atoms. The molecule has 0 unspecified atom stereocenters. The van der Waals surface area contributed by atoms with E-state index < -0.39 is 0 Å². The molecule has 0 aromatic carbocycles. The van der Waals surface area contributed by atoms with Crippen molar-refractivity contribution in [2.45, 2.75) is 19.8 Å². The fourth-order valence-electron chi connectivity index (χ4n) is 0.681. The first kappa shape index (κ1) is 9.37. The lowest BCUT2D eigenvalue weighted by Gasteiger charge is -1.97. The Morgan fingerprint density at radius 3 is 2.90 bits per heavy atom.